The van der Waals surface area contributed by atoms with Crippen LogP contribution in [0.1, 0.15) is 50.6 Å². The van der Waals surface area contributed by atoms with Crippen LogP contribution in [0, 0.1) is 0 Å². The Morgan fingerprint density at radius 2 is 2.20 bits per heavy atom. The van der Waals surface area contributed by atoms with Gasteiger partial charge < -0.3 is 14.8 Å². The van der Waals surface area contributed by atoms with Gasteiger partial charge in [0.05, 0.1) is 6.10 Å². The molecule has 1 aromatic rings. The first-order valence-corrected chi connectivity index (χ1v) is 7.83. The summed E-state index contributed by atoms with van der Waals surface area (Å²) in [7, 11) is 1.82. The van der Waals surface area contributed by atoms with Crippen LogP contribution in [0.3, 0.4) is 0 Å². The monoisotopic (exact) mass is 275 g/mol. The van der Waals surface area contributed by atoms with Crippen molar-refractivity contribution in [3.63, 3.8) is 0 Å². The topological polar surface area (TPSA) is 30.5 Å². The molecule has 0 radical (unpaired) electrons. The normalized spacial score (nSPS) is 32.7. The van der Waals surface area contributed by atoms with E-state index in [0.717, 1.165) is 31.6 Å². The summed E-state index contributed by atoms with van der Waals surface area (Å²) in [4.78, 5) is 0. The van der Waals surface area contributed by atoms with Gasteiger partial charge in [-0.2, -0.15) is 0 Å². The van der Waals surface area contributed by atoms with E-state index in [1.807, 2.05) is 7.11 Å². The summed E-state index contributed by atoms with van der Waals surface area (Å²) in [6, 6.07) is 8.81. The van der Waals surface area contributed by atoms with Crippen molar-refractivity contribution in [2.75, 3.05) is 13.7 Å². The van der Waals surface area contributed by atoms with E-state index < -0.39 is 0 Å². The summed E-state index contributed by atoms with van der Waals surface area (Å²) in [6.45, 7) is 3.14. The lowest BCUT2D eigenvalue weighted by atomic mass is 9.75. The molecule has 3 heteroatoms. The van der Waals surface area contributed by atoms with Crippen LogP contribution in [0.15, 0.2) is 24.3 Å². The van der Waals surface area contributed by atoms with Gasteiger partial charge in [-0.05, 0) is 31.9 Å². The average Bonchev–Trinajstić information content (AvgIpc) is 2.48. The second kappa shape index (κ2) is 5.74. The highest BCUT2D eigenvalue weighted by Gasteiger charge is 2.48. The summed E-state index contributed by atoms with van der Waals surface area (Å²) < 4.78 is 12.2. The van der Waals surface area contributed by atoms with Crippen molar-refractivity contribution in [1.29, 1.82) is 0 Å². The van der Waals surface area contributed by atoms with Crippen molar-refractivity contribution < 1.29 is 9.47 Å². The van der Waals surface area contributed by atoms with Crippen LogP contribution in [0.4, 0.5) is 0 Å². The first kappa shape index (κ1) is 13.9. The van der Waals surface area contributed by atoms with E-state index in [0.29, 0.717) is 6.04 Å². The predicted octanol–water partition coefficient (Wildman–Crippen LogP) is 3.45. The van der Waals surface area contributed by atoms with Crippen molar-refractivity contribution in [3.8, 4) is 5.75 Å². The van der Waals surface area contributed by atoms with Gasteiger partial charge in [-0.15, -0.1) is 0 Å². The lowest BCUT2D eigenvalue weighted by molar-refractivity contribution is -0.116. The third-order valence-electron chi connectivity index (χ3n) is 4.80. The minimum Gasteiger partial charge on any atom is -0.484 e. The van der Waals surface area contributed by atoms with Crippen LogP contribution in [0.5, 0.6) is 5.75 Å². The van der Waals surface area contributed by atoms with Gasteiger partial charge in [0.25, 0.3) is 0 Å². The molecule has 0 amide bonds. The molecule has 0 bridgehead atoms. The standard InChI is InChI=1S/C17H25NO2/c1-3-18-14-12-17(11-7-6-10-16(17)19-2)20-15-9-5-4-8-13(14)15/h4-5,8-9,14,16,18H,3,6-7,10-12H2,1-2H3. The summed E-state index contributed by atoms with van der Waals surface area (Å²) in [5.74, 6) is 1.04. The largest absolute Gasteiger partial charge is 0.484 e. The lowest BCUT2D eigenvalue weighted by Gasteiger charge is -2.48. The Balaban J connectivity index is 1.95. The zero-order valence-electron chi connectivity index (χ0n) is 12.5. The summed E-state index contributed by atoms with van der Waals surface area (Å²) in [5, 5.41) is 3.62. The van der Waals surface area contributed by atoms with Crippen LogP contribution in [0.2, 0.25) is 0 Å². The highest BCUT2D eigenvalue weighted by atomic mass is 16.5. The van der Waals surface area contributed by atoms with E-state index in [1.165, 1.54) is 18.4 Å². The smallest absolute Gasteiger partial charge is 0.137 e. The summed E-state index contributed by atoms with van der Waals surface area (Å²) in [5.41, 5.74) is 1.15. The highest BCUT2D eigenvalue weighted by molar-refractivity contribution is 5.39. The molecular formula is C17H25NO2. The molecule has 1 fully saturated rings. The molecule has 3 nitrogen and oxygen atoms in total. The molecule has 2 aliphatic rings. The number of fused-ring (bicyclic) bond motifs is 1. The minimum atomic E-state index is -0.145. The zero-order valence-corrected chi connectivity index (χ0v) is 12.5. The van der Waals surface area contributed by atoms with Gasteiger partial charge in [-0.25, -0.2) is 0 Å². The molecule has 1 N–H and O–H groups in total. The fraction of sp³-hybridized carbons (Fsp3) is 0.647. The van der Waals surface area contributed by atoms with Crippen LogP contribution >= 0.6 is 0 Å². The molecule has 3 unspecified atom stereocenters. The molecular weight excluding hydrogens is 250 g/mol. The van der Waals surface area contributed by atoms with E-state index in [1.54, 1.807) is 0 Å². The van der Waals surface area contributed by atoms with Crippen molar-refractivity contribution in [2.24, 2.45) is 0 Å². The maximum atomic E-state index is 6.48. The minimum absolute atomic E-state index is 0.145. The molecule has 1 aliphatic heterocycles. The number of para-hydroxylation sites is 1. The summed E-state index contributed by atoms with van der Waals surface area (Å²) >= 11 is 0. The third kappa shape index (κ3) is 2.33. The Morgan fingerprint density at radius 1 is 1.35 bits per heavy atom. The van der Waals surface area contributed by atoms with Gasteiger partial charge in [0.15, 0.2) is 0 Å². The Morgan fingerprint density at radius 3 is 3.00 bits per heavy atom. The molecule has 110 valence electrons. The second-order valence-electron chi connectivity index (χ2n) is 5.99. The first-order chi connectivity index (χ1) is 9.79. The highest BCUT2D eigenvalue weighted by Crippen LogP contribution is 2.46. The van der Waals surface area contributed by atoms with Gasteiger partial charge in [0.1, 0.15) is 11.4 Å². The summed E-state index contributed by atoms with van der Waals surface area (Å²) in [6.07, 6.45) is 5.92. The first-order valence-electron chi connectivity index (χ1n) is 7.83. The fourth-order valence-electron chi connectivity index (χ4n) is 3.87. The zero-order chi connectivity index (χ0) is 14.0. The third-order valence-corrected chi connectivity index (χ3v) is 4.80. The van der Waals surface area contributed by atoms with E-state index in [2.05, 4.69) is 36.5 Å². The van der Waals surface area contributed by atoms with Crippen molar-refractivity contribution in [3.05, 3.63) is 29.8 Å². The molecule has 1 aliphatic carbocycles. The van der Waals surface area contributed by atoms with E-state index in [-0.39, 0.29) is 11.7 Å². The maximum absolute atomic E-state index is 6.48. The SMILES string of the molecule is CCNC1CC2(CCCCC2OC)Oc2ccccc21. The van der Waals surface area contributed by atoms with E-state index >= 15 is 0 Å². The number of hydrogen-bond acceptors (Lipinski definition) is 3. The number of nitrogens with one attached hydrogen (secondary N) is 1. The number of methoxy groups -OCH3 is 1. The van der Waals surface area contributed by atoms with E-state index in [4.69, 9.17) is 9.47 Å². The molecule has 0 saturated heterocycles. The van der Waals surface area contributed by atoms with Crippen LogP contribution in [-0.4, -0.2) is 25.4 Å². The fourth-order valence-corrected chi connectivity index (χ4v) is 3.87. The van der Waals surface area contributed by atoms with Gasteiger partial charge in [-0.1, -0.05) is 31.5 Å². The van der Waals surface area contributed by atoms with Gasteiger partial charge in [0.2, 0.25) is 0 Å². The molecule has 3 atom stereocenters. The molecule has 0 aromatic heterocycles. The molecule has 1 saturated carbocycles. The number of benzene rings is 1. The average molecular weight is 275 g/mol. The van der Waals surface area contributed by atoms with Gasteiger partial charge in [0, 0.05) is 25.1 Å². The second-order valence-corrected chi connectivity index (χ2v) is 5.99. The van der Waals surface area contributed by atoms with Crippen molar-refractivity contribution in [2.45, 2.75) is 56.8 Å². The van der Waals surface area contributed by atoms with Gasteiger partial charge in [-0.3, -0.25) is 0 Å². The molecule has 1 heterocycles. The predicted molar refractivity (Wildman–Crippen MR) is 80.1 cm³/mol. The lowest BCUT2D eigenvalue weighted by Crippen LogP contribution is -2.54. The van der Waals surface area contributed by atoms with E-state index in [9.17, 15) is 0 Å². The maximum Gasteiger partial charge on any atom is 0.137 e. The van der Waals surface area contributed by atoms with Crippen LogP contribution in [-0.2, 0) is 4.74 Å². The van der Waals surface area contributed by atoms with Crippen molar-refractivity contribution >= 4 is 0 Å². The molecule has 1 aromatic carbocycles. The number of hydrogen-bond donors (Lipinski definition) is 1. The number of rotatable bonds is 3. The molecule has 20 heavy (non-hydrogen) atoms. The van der Waals surface area contributed by atoms with Crippen LogP contribution in [0.25, 0.3) is 0 Å². The molecule has 3 rings (SSSR count). The van der Waals surface area contributed by atoms with Gasteiger partial charge >= 0.3 is 0 Å². The Kier molecular flexibility index (Phi) is 3.99. The number of ether oxygens (including phenoxy) is 2. The van der Waals surface area contributed by atoms with Crippen LogP contribution < -0.4 is 10.1 Å². The Hall–Kier alpha value is -1.06. The Bertz CT molecular complexity index is 462. The quantitative estimate of drug-likeness (QED) is 0.916. The molecule has 1 spiro atoms. The Labute approximate surface area is 121 Å². The van der Waals surface area contributed by atoms with Crippen molar-refractivity contribution in [1.82, 2.24) is 5.32 Å².